The molecular formula is C23H21N7O2S. The van der Waals surface area contributed by atoms with Gasteiger partial charge in [0.15, 0.2) is 0 Å². The molecule has 0 bridgehead atoms. The molecule has 0 amide bonds. The summed E-state index contributed by atoms with van der Waals surface area (Å²) in [4.78, 5) is 13.5. The number of rotatable bonds is 6. The van der Waals surface area contributed by atoms with Gasteiger partial charge in [-0.1, -0.05) is 0 Å². The van der Waals surface area contributed by atoms with Crippen LogP contribution in [-0.4, -0.2) is 51.5 Å². The second-order valence-corrected chi connectivity index (χ2v) is 8.69. The smallest absolute Gasteiger partial charge is 0.216 e. The zero-order chi connectivity index (χ0) is 22.2. The van der Waals surface area contributed by atoms with Crippen molar-refractivity contribution < 1.29 is 9.47 Å². The van der Waals surface area contributed by atoms with Gasteiger partial charge in [0.1, 0.15) is 24.0 Å². The van der Waals surface area contributed by atoms with E-state index in [2.05, 4.69) is 41.8 Å². The zero-order valence-corrected chi connectivity index (χ0v) is 18.6. The van der Waals surface area contributed by atoms with E-state index < -0.39 is 0 Å². The number of thiazole rings is 1. The second-order valence-electron chi connectivity index (χ2n) is 7.80. The van der Waals surface area contributed by atoms with Gasteiger partial charge in [0, 0.05) is 12.2 Å². The van der Waals surface area contributed by atoms with Crippen LogP contribution in [0.25, 0.3) is 32.2 Å². The van der Waals surface area contributed by atoms with Crippen LogP contribution in [0.3, 0.4) is 0 Å². The first-order chi connectivity index (χ1) is 16.3. The average molecular weight is 460 g/mol. The number of benzene rings is 2. The Balaban J connectivity index is 1.48. The van der Waals surface area contributed by atoms with Gasteiger partial charge in [-0.3, -0.25) is 0 Å². The molecule has 1 aliphatic rings. The fourth-order valence-corrected chi connectivity index (χ4v) is 4.83. The summed E-state index contributed by atoms with van der Waals surface area (Å²) in [6.07, 6.45) is 4.33. The van der Waals surface area contributed by atoms with E-state index in [0.29, 0.717) is 11.7 Å². The number of nitrogens with one attached hydrogen (secondary N) is 3. The minimum atomic E-state index is 0.0799. The molecule has 1 unspecified atom stereocenters. The molecule has 4 heterocycles. The SMILES string of the molecule is COc1[nH]ncc1-c1cc(OC2CCNC2)c2c(Nc3ccc4ncsc4c3)ncnc2c1. The third-order valence-electron chi connectivity index (χ3n) is 5.72. The van der Waals surface area contributed by atoms with Gasteiger partial charge < -0.3 is 20.1 Å². The highest BCUT2D eigenvalue weighted by Gasteiger charge is 2.21. The van der Waals surface area contributed by atoms with Crippen molar-refractivity contribution in [3.8, 4) is 22.8 Å². The van der Waals surface area contributed by atoms with Gasteiger partial charge in [-0.15, -0.1) is 11.3 Å². The Bertz CT molecular complexity index is 1440. The Morgan fingerprint density at radius 2 is 2.09 bits per heavy atom. The molecule has 1 saturated heterocycles. The van der Waals surface area contributed by atoms with Crippen molar-refractivity contribution in [1.82, 2.24) is 30.5 Å². The summed E-state index contributed by atoms with van der Waals surface area (Å²) in [5.41, 5.74) is 6.28. The highest BCUT2D eigenvalue weighted by molar-refractivity contribution is 7.16. The fraction of sp³-hybridized carbons (Fsp3) is 0.217. The van der Waals surface area contributed by atoms with E-state index in [1.165, 1.54) is 0 Å². The van der Waals surface area contributed by atoms with Crippen LogP contribution in [0.15, 0.2) is 48.4 Å². The highest BCUT2D eigenvalue weighted by atomic mass is 32.1. The van der Waals surface area contributed by atoms with Gasteiger partial charge in [-0.25, -0.2) is 20.1 Å². The number of aromatic amines is 1. The number of nitrogens with zero attached hydrogens (tertiary/aromatic N) is 4. The lowest BCUT2D eigenvalue weighted by atomic mass is 10.0. The maximum Gasteiger partial charge on any atom is 0.216 e. The number of fused-ring (bicyclic) bond motifs is 2. The van der Waals surface area contributed by atoms with Gasteiger partial charge in [0.2, 0.25) is 5.88 Å². The maximum absolute atomic E-state index is 6.48. The Hall–Kier alpha value is -3.76. The highest BCUT2D eigenvalue weighted by Crippen LogP contribution is 2.39. The molecule has 33 heavy (non-hydrogen) atoms. The van der Waals surface area contributed by atoms with Crippen LogP contribution in [0.4, 0.5) is 11.5 Å². The molecule has 1 atom stereocenters. The number of aromatic nitrogens is 5. The van der Waals surface area contributed by atoms with Crippen molar-refractivity contribution in [1.29, 1.82) is 0 Å². The van der Waals surface area contributed by atoms with E-state index >= 15 is 0 Å². The molecule has 9 nitrogen and oxygen atoms in total. The summed E-state index contributed by atoms with van der Waals surface area (Å²) in [5.74, 6) is 2.00. The van der Waals surface area contributed by atoms with Crippen LogP contribution in [0, 0.1) is 0 Å². The first-order valence-electron chi connectivity index (χ1n) is 10.6. The summed E-state index contributed by atoms with van der Waals surface area (Å²) >= 11 is 1.61. The van der Waals surface area contributed by atoms with Gasteiger partial charge >= 0.3 is 0 Å². The number of anilines is 2. The molecule has 166 valence electrons. The number of ether oxygens (including phenoxy) is 2. The number of hydrogen-bond donors (Lipinski definition) is 3. The second kappa shape index (κ2) is 8.30. The predicted octanol–water partition coefficient (Wildman–Crippen LogP) is 4.12. The van der Waals surface area contributed by atoms with Crippen LogP contribution in [0.1, 0.15) is 6.42 Å². The quantitative estimate of drug-likeness (QED) is 0.348. The lowest BCUT2D eigenvalue weighted by Crippen LogP contribution is -2.19. The van der Waals surface area contributed by atoms with Gasteiger partial charge in [-0.05, 0) is 48.9 Å². The molecule has 1 aliphatic heterocycles. The van der Waals surface area contributed by atoms with Crippen molar-refractivity contribution in [2.45, 2.75) is 12.5 Å². The molecule has 5 aromatic rings. The van der Waals surface area contributed by atoms with E-state index in [9.17, 15) is 0 Å². The van der Waals surface area contributed by atoms with Crippen molar-refractivity contribution >= 4 is 44.0 Å². The van der Waals surface area contributed by atoms with Gasteiger partial charge in [-0.2, -0.15) is 5.10 Å². The van der Waals surface area contributed by atoms with Crippen molar-refractivity contribution in [2.24, 2.45) is 0 Å². The number of H-pyrrole nitrogens is 1. The third kappa shape index (κ3) is 3.73. The minimum absolute atomic E-state index is 0.0799. The molecular weight excluding hydrogens is 438 g/mol. The Labute approximate surface area is 193 Å². The summed E-state index contributed by atoms with van der Waals surface area (Å²) < 4.78 is 13.0. The minimum Gasteiger partial charge on any atom is -0.488 e. The average Bonchev–Trinajstić information content (AvgIpc) is 3.60. The normalized spacial score (nSPS) is 15.8. The molecule has 10 heteroatoms. The van der Waals surface area contributed by atoms with Gasteiger partial charge in [0.05, 0.1) is 45.5 Å². The Morgan fingerprint density at radius 1 is 1.12 bits per heavy atom. The number of methoxy groups -OCH3 is 1. The predicted molar refractivity (Wildman–Crippen MR) is 128 cm³/mol. The van der Waals surface area contributed by atoms with Crippen molar-refractivity contribution in [3.05, 3.63) is 48.4 Å². The maximum atomic E-state index is 6.48. The fourth-order valence-electron chi connectivity index (χ4n) is 4.11. The van der Waals surface area contributed by atoms with Gasteiger partial charge in [0.25, 0.3) is 0 Å². The third-order valence-corrected chi connectivity index (χ3v) is 6.52. The summed E-state index contributed by atoms with van der Waals surface area (Å²) in [6.45, 7) is 1.74. The molecule has 3 aromatic heterocycles. The number of hydrogen-bond acceptors (Lipinski definition) is 9. The molecule has 1 fully saturated rings. The van der Waals surface area contributed by atoms with Crippen molar-refractivity contribution in [3.63, 3.8) is 0 Å². The van der Waals surface area contributed by atoms with E-state index in [-0.39, 0.29) is 6.10 Å². The Morgan fingerprint density at radius 3 is 2.97 bits per heavy atom. The molecule has 0 spiro atoms. The monoisotopic (exact) mass is 459 g/mol. The van der Waals surface area contributed by atoms with Crippen molar-refractivity contribution in [2.75, 3.05) is 25.5 Å². The zero-order valence-electron chi connectivity index (χ0n) is 17.8. The molecule has 0 saturated carbocycles. The lowest BCUT2D eigenvalue weighted by Gasteiger charge is -2.18. The Kier molecular flexibility index (Phi) is 5.00. The van der Waals surface area contributed by atoms with Crippen LogP contribution < -0.4 is 20.1 Å². The molecule has 6 rings (SSSR count). The lowest BCUT2D eigenvalue weighted by molar-refractivity contribution is 0.226. The molecule has 0 radical (unpaired) electrons. The standard InChI is InChI=1S/C23H21N7O2S/c1-31-23-16(10-28-30-23)13-6-18-21(19(7-13)32-15-4-5-24-9-15)22(26-11-25-18)29-14-2-3-17-20(8-14)33-12-27-17/h2-3,6-8,10-12,15,24H,4-5,9H2,1H3,(H,28,30)(H,25,26,29). The topological polar surface area (TPSA) is 110 Å². The van der Waals surface area contributed by atoms with Crippen LogP contribution in [-0.2, 0) is 0 Å². The largest absolute Gasteiger partial charge is 0.488 e. The van der Waals surface area contributed by atoms with Crippen LogP contribution in [0.5, 0.6) is 11.6 Å². The van der Waals surface area contributed by atoms with Crippen LogP contribution in [0.2, 0.25) is 0 Å². The summed E-state index contributed by atoms with van der Waals surface area (Å²) in [6, 6.07) is 10.1. The van der Waals surface area contributed by atoms with E-state index in [4.69, 9.17) is 9.47 Å². The van der Waals surface area contributed by atoms with E-state index in [0.717, 1.165) is 63.2 Å². The first-order valence-corrected chi connectivity index (χ1v) is 11.5. The van der Waals surface area contributed by atoms with E-state index in [1.807, 2.05) is 29.8 Å². The van der Waals surface area contributed by atoms with E-state index in [1.54, 1.807) is 31.0 Å². The molecule has 2 aromatic carbocycles. The first kappa shape index (κ1) is 19.9. The van der Waals surface area contributed by atoms with Crippen LogP contribution >= 0.6 is 11.3 Å². The molecule has 0 aliphatic carbocycles. The molecule has 3 N–H and O–H groups in total. The summed E-state index contributed by atoms with van der Waals surface area (Å²) in [5, 5.41) is 14.7. The summed E-state index contributed by atoms with van der Waals surface area (Å²) in [7, 11) is 1.61.